The van der Waals surface area contributed by atoms with Gasteiger partial charge >= 0.3 is 0 Å². The number of hydrogen-bond donors (Lipinski definition) is 1. The van der Waals surface area contributed by atoms with Gasteiger partial charge in [-0.3, -0.25) is 0 Å². The van der Waals surface area contributed by atoms with Crippen molar-refractivity contribution in [1.29, 1.82) is 0 Å². The van der Waals surface area contributed by atoms with Gasteiger partial charge in [-0.2, -0.15) is 0 Å². The monoisotopic (exact) mass is 324 g/mol. The average molecular weight is 324 g/mol. The summed E-state index contributed by atoms with van der Waals surface area (Å²) in [5, 5.41) is 10.4. The predicted octanol–water partition coefficient (Wildman–Crippen LogP) is 4.98. The van der Waals surface area contributed by atoms with Gasteiger partial charge in [-0.25, -0.2) is 0 Å². The van der Waals surface area contributed by atoms with Crippen LogP contribution in [0, 0.1) is 0 Å². The average Bonchev–Trinajstić information content (AvgIpc) is 2.60. The lowest BCUT2D eigenvalue weighted by Gasteiger charge is -2.29. The maximum absolute atomic E-state index is 10.4. The molecule has 3 nitrogen and oxygen atoms in total. The normalized spacial score (nSPS) is 16.0. The molecular formula is C21H24O3. The third kappa shape index (κ3) is 3.25. The minimum atomic E-state index is 0.00987. The first-order valence-corrected chi connectivity index (χ1v) is 8.36. The molecule has 0 spiro atoms. The maximum Gasteiger partial charge on any atom is 0.134 e. The van der Waals surface area contributed by atoms with E-state index in [-0.39, 0.29) is 11.9 Å². The number of fused-ring (bicyclic) bond motifs is 1. The minimum Gasteiger partial charge on any atom is -0.507 e. The summed E-state index contributed by atoms with van der Waals surface area (Å²) < 4.78 is 11.8. The molecule has 1 N–H and O–H groups in total. The van der Waals surface area contributed by atoms with Gasteiger partial charge in [0.2, 0.25) is 0 Å². The molecule has 0 amide bonds. The molecule has 0 aromatic heterocycles. The quantitative estimate of drug-likeness (QED) is 0.807. The van der Waals surface area contributed by atoms with Crippen molar-refractivity contribution in [3.05, 3.63) is 64.7 Å². The molecule has 1 aliphatic heterocycles. The molecule has 0 saturated heterocycles. The Morgan fingerprint density at radius 3 is 2.71 bits per heavy atom. The topological polar surface area (TPSA) is 38.7 Å². The third-order valence-electron chi connectivity index (χ3n) is 4.44. The molecule has 2 aromatic carbocycles. The van der Waals surface area contributed by atoms with Crippen LogP contribution in [0.3, 0.4) is 0 Å². The second-order valence-electron chi connectivity index (χ2n) is 6.43. The highest BCUT2D eigenvalue weighted by atomic mass is 16.5. The van der Waals surface area contributed by atoms with Crippen molar-refractivity contribution in [3.63, 3.8) is 0 Å². The summed E-state index contributed by atoms with van der Waals surface area (Å²) in [7, 11) is 1.63. The zero-order chi connectivity index (χ0) is 17.1. The zero-order valence-corrected chi connectivity index (χ0v) is 14.5. The van der Waals surface area contributed by atoms with Gasteiger partial charge in [0.15, 0.2) is 0 Å². The second kappa shape index (κ2) is 7.00. The first kappa shape index (κ1) is 16.4. The molecule has 3 heteroatoms. The standard InChI is InChI=1S/C21H24O3/c1-14(2)9-10-17-20(23-3)13-18(22)16-11-12-19(24-21(16)17)15-7-5-4-6-8-15/h4-9,13,19,22H,10-12H2,1-3H3. The Morgan fingerprint density at radius 1 is 1.29 bits per heavy atom. The van der Waals surface area contributed by atoms with Crippen LogP contribution in [0.15, 0.2) is 48.0 Å². The van der Waals surface area contributed by atoms with Crippen LogP contribution >= 0.6 is 0 Å². The van der Waals surface area contributed by atoms with Crippen molar-refractivity contribution in [2.75, 3.05) is 7.11 Å². The van der Waals surface area contributed by atoms with Crippen molar-refractivity contribution < 1.29 is 14.6 Å². The lowest BCUT2D eigenvalue weighted by molar-refractivity contribution is 0.172. The second-order valence-corrected chi connectivity index (χ2v) is 6.43. The summed E-state index contributed by atoms with van der Waals surface area (Å²) in [6.45, 7) is 4.15. The van der Waals surface area contributed by atoms with Gasteiger partial charge in [0.25, 0.3) is 0 Å². The third-order valence-corrected chi connectivity index (χ3v) is 4.44. The van der Waals surface area contributed by atoms with Crippen LogP contribution in [-0.2, 0) is 12.8 Å². The molecule has 0 aliphatic carbocycles. The van der Waals surface area contributed by atoms with Crippen molar-refractivity contribution in [3.8, 4) is 17.2 Å². The fourth-order valence-electron chi connectivity index (χ4n) is 3.15. The largest absolute Gasteiger partial charge is 0.507 e. The predicted molar refractivity (Wildman–Crippen MR) is 95.9 cm³/mol. The van der Waals surface area contributed by atoms with Crippen LogP contribution in [0.4, 0.5) is 0 Å². The number of phenolic OH excluding ortho intramolecular Hbond substituents is 1. The van der Waals surface area contributed by atoms with Crippen LogP contribution < -0.4 is 9.47 Å². The number of hydrogen-bond acceptors (Lipinski definition) is 3. The summed E-state index contributed by atoms with van der Waals surface area (Å²) in [4.78, 5) is 0. The van der Waals surface area contributed by atoms with Gasteiger partial charge in [-0.15, -0.1) is 0 Å². The SMILES string of the molecule is COc1cc(O)c2c(c1CC=C(C)C)OC(c1ccccc1)CC2. The van der Waals surface area contributed by atoms with Crippen molar-refractivity contribution in [1.82, 2.24) is 0 Å². The lowest BCUT2D eigenvalue weighted by Crippen LogP contribution is -2.17. The summed E-state index contributed by atoms with van der Waals surface area (Å²) >= 11 is 0. The van der Waals surface area contributed by atoms with E-state index in [1.54, 1.807) is 13.2 Å². The van der Waals surface area contributed by atoms with Gasteiger partial charge < -0.3 is 14.6 Å². The minimum absolute atomic E-state index is 0.00987. The highest BCUT2D eigenvalue weighted by Gasteiger charge is 2.27. The first-order valence-electron chi connectivity index (χ1n) is 8.36. The summed E-state index contributed by atoms with van der Waals surface area (Å²) in [5.74, 6) is 1.72. The Kier molecular flexibility index (Phi) is 4.79. The Morgan fingerprint density at radius 2 is 2.04 bits per heavy atom. The molecule has 1 atom stereocenters. The number of allylic oxidation sites excluding steroid dienone is 2. The van der Waals surface area contributed by atoms with E-state index in [1.165, 1.54) is 11.1 Å². The van der Waals surface area contributed by atoms with E-state index in [9.17, 15) is 5.11 Å². The Balaban J connectivity index is 2.03. The van der Waals surface area contributed by atoms with Gasteiger partial charge in [0, 0.05) is 17.2 Å². The zero-order valence-electron chi connectivity index (χ0n) is 14.5. The van der Waals surface area contributed by atoms with Gasteiger partial charge in [-0.05, 0) is 38.7 Å². The van der Waals surface area contributed by atoms with Crippen LogP contribution in [0.5, 0.6) is 17.2 Å². The van der Waals surface area contributed by atoms with E-state index in [4.69, 9.17) is 9.47 Å². The molecule has 126 valence electrons. The van der Waals surface area contributed by atoms with Crippen LogP contribution in [-0.4, -0.2) is 12.2 Å². The number of benzene rings is 2. The molecule has 1 aliphatic rings. The number of methoxy groups -OCH3 is 1. The maximum atomic E-state index is 10.4. The molecular weight excluding hydrogens is 300 g/mol. The number of rotatable bonds is 4. The molecule has 1 unspecified atom stereocenters. The molecule has 2 aromatic rings. The molecule has 0 fully saturated rings. The summed E-state index contributed by atoms with van der Waals surface area (Å²) in [5.41, 5.74) is 4.31. The Labute approximate surface area is 143 Å². The van der Waals surface area contributed by atoms with E-state index < -0.39 is 0 Å². The molecule has 24 heavy (non-hydrogen) atoms. The molecule has 0 saturated carbocycles. The molecule has 3 rings (SSSR count). The Hall–Kier alpha value is -2.42. The van der Waals surface area contributed by atoms with E-state index in [2.05, 4.69) is 32.1 Å². The van der Waals surface area contributed by atoms with E-state index in [0.717, 1.165) is 36.1 Å². The van der Waals surface area contributed by atoms with Gasteiger partial charge in [0.1, 0.15) is 23.4 Å². The fraction of sp³-hybridized carbons (Fsp3) is 0.333. The van der Waals surface area contributed by atoms with Gasteiger partial charge in [-0.1, -0.05) is 42.0 Å². The number of phenols is 1. The van der Waals surface area contributed by atoms with Crippen LogP contribution in [0.2, 0.25) is 0 Å². The summed E-state index contributed by atoms with van der Waals surface area (Å²) in [6, 6.07) is 12.0. The van der Waals surface area contributed by atoms with E-state index in [1.807, 2.05) is 18.2 Å². The fourth-order valence-corrected chi connectivity index (χ4v) is 3.15. The lowest BCUT2D eigenvalue weighted by atomic mass is 9.93. The summed E-state index contributed by atoms with van der Waals surface area (Å²) in [6.07, 6.45) is 4.56. The van der Waals surface area contributed by atoms with Crippen molar-refractivity contribution >= 4 is 0 Å². The van der Waals surface area contributed by atoms with Crippen molar-refractivity contribution in [2.24, 2.45) is 0 Å². The number of aromatic hydroxyl groups is 1. The first-order chi connectivity index (χ1) is 11.6. The molecule has 0 radical (unpaired) electrons. The smallest absolute Gasteiger partial charge is 0.134 e. The van der Waals surface area contributed by atoms with Crippen LogP contribution in [0.1, 0.15) is 43.1 Å². The Bertz CT molecular complexity index is 743. The van der Waals surface area contributed by atoms with E-state index in [0.29, 0.717) is 5.75 Å². The van der Waals surface area contributed by atoms with Crippen molar-refractivity contribution in [2.45, 2.75) is 39.2 Å². The molecule has 0 bridgehead atoms. The number of ether oxygens (including phenoxy) is 2. The van der Waals surface area contributed by atoms with Crippen LogP contribution in [0.25, 0.3) is 0 Å². The highest BCUT2D eigenvalue weighted by molar-refractivity contribution is 5.58. The van der Waals surface area contributed by atoms with E-state index >= 15 is 0 Å². The van der Waals surface area contributed by atoms with Gasteiger partial charge in [0.05, 0.1) is 7.11 Å². The highest BCUT2D eigenvalue weighted by Crippen LogP contribution is 2.45. The molecule has 1 heterocycles.